The second-order valence-electron chi connectivity index (χ2n) is 16.4. The molecule has 0 saturated carbocycles. The summed E-state index contributed by atoms with van der Waals surface area (Å²) in [5.74, 6) is 0.808. The molecule has 278 valence electrons. The highest BCUT2D eigenvalue weighted by Crippen LogP contribution is 2.61. The van der Waals surface area contributed by atoms with Crippen LogP contribution in [0.4, 0.5) is 5.69 Å². The molecule has 0 bridgehead atoms. The molecule has 0 radical (unpaired) electrons. The van der Waals surface area contributed by atoms with Gasteiger partial charge < -0.3 is 4.90 Å². The van der Waals surface area contributed by atoms with Crippen molar-refractivity contribution in [2.45, 2.75) is 56.4 Å². The van der Waals surface area contributed by atoms with Gasteiger partial charge >= 0.3 is 0 Å². The van der Waals surface area contributed by atoms with Crippen LogP contribution in [-0.4, -0.2) is 6.04 Å². The fourth-order valence-electron chi connectivity index (χ4n) is 10.8. The van der Waals surface area contributed by atoms with E-state index in [-0.39, 0.29) is 11.5 Å². The molecule has 6 aliphatic rings. The van der Waals surface area contributed by atoms with E-state index in [0.717, 1.165) is 44.9 Å². The van der Waals surface area contributed by atoms with Crippen molar-refractivity contribution in [2.24, 2.45) is 11.8 Å². The van der Waals surface area contributed by atoms with Gasteiger partial charge in [-0.1, -0.05) is 163 Å². The zero-order chi connectivity index (χ0) is 37.8. The zero-order valence-corrected chi connectivity index (χ0v) is 33.2. The minimum absolute atomic E-state index is 0.167. The van der Waals surface area contributed by atoms with Crippen molar-refractivity contribution < 1.29 is 0 Å². The van der Waals surface area contributed by atoms with E-state index in [4.69, 9.17) is 0 Å². The average molecular weight is 754 g/mol. The quantitative estimate of drug-likeness (QED) is 0.160. The molecule has 11 rings (SSSR count). The lowest BCUT2D eigenvalue weighted by molar-refractivity contribution is 0.430. The smallest absolute Gasteiger partial charge is 0.0560 e. The number of fused-ring (bicyclic) bond motifs is 6. The molecule has 0 aliphatic heterocycles. The summed E-state index contributed by atoms with van der Waals surface area (Å²) in [6, 6.07) is 35.1. The van der Waals surface area contributed by atoms with E-state index < -0.39 is 0 Å². The van der Waals surface area contributed by atoms with Crippen molar-refractivity contribution in [1.29, 1.82) is 0 Å². The highest BCUT2D eigenvalue weighted by Gasteiger charge is 2.52. The van der Waals surface area contributed by atoms with Gasteiger partial charge in [-0.05, 0) is 109 Å². The maximum absolute atomic E-state index is 2.70. The molecule has 0 fully saturated rings. The Morgan fingerprint density at radius 2 is 1.51 bits per heavy atom. The van der Waals surface area contributed by atoms with Gasteiger partial charge in [-0.15, -0.1) is 11.3 Å². The van der Waals surface area contributed by atoms with Crippen LogP contribution in [0.5, 0.6) is 0 Å². The van der Waals surface area contributed by atoms with Crippen LogP contribution in [0, 0.1) is 11.8 Å². The Bertz CT molecular complexity index is 2720. The summed E-state index contributed by atoms with van der Waals surface area (Å²) in [5, 5.41) is 2.74. The largest absolute Gasteiger partial charge is 0.338 e. The zero-order valence-electron chi connectivity index (χ0n) is 32.4. The molecule has 0 N–H and O–H groups in total. The van der Waals surface area contributed by atoms with Crippen molar-refractivity contribution in [1.82, 2.24) is 0 Å². The van der Waals surface area contributed by atoms with Crippen LogP contribution in [0.2, 0.25) is 0 Å². The van der Waals surface area contributed by atoms with Gasteiger partial charge in [-0.25, -0.2) is 0 Å². The van der Waals surface area contributed by atoms with Gasteiger partial charge in [0.2, 0.25) is 0 Å². The topological polar surface area (TPSA) is 3.24 Å². The molecule has 0 saturated heterocycles. The van der Waals surface area contributed by atoms with Crippen molar-refractivity contribution >= 4 is 48.3 Å². The van der Waals surface area contributed by atoms with Crippen molar-refractivity contribution in [2.75, 3.05) is 4.90 Å². The summed E-state index contributed by atoms with van der Waals surface area (Å²) >= 11 is 1.97. The summed E-state index contributed by atoms with van der Waals surface area (Å²) in [5.41, 5.74) is 13.9. The second kappa shape index (κ2) is 14.4. The highest BCUT2D eigenvalue weighted by molar-refractivity contribution is 7.26. The summed E-state index contributed by atoms with van der Waals surface area (Å²) in [4.78, 5) is 2.70. The first kappa shape index (κ1) is 34.5. The fraction of sp³-hybridized carbons (Fsp3) is 0.200. The molecule has 1 heterocycles. The second-order valence-corrected chi connectivity index (χ2v) is 17.5. The lowest BCUT2D eigenvalue weighted by Crippen LogP contribution is -2.41. The van der Waals surface area contributed by atoms with E-state index in [1.807, 2.05) is 11.3 Å². The van der Waals surface area contributed by atoms with Crippen molar-refractivity contribution in [3.05, 3.63) is 221 Å². The van der Waals surface area contributed by atoms with E-state index in [0.29, 0.717) is 11.8 Å². The number of benzene rings is 4. The maximum Gasteiger partial charge on any atom is 0.0560 e. The Kier molecular flexibility index (Phi) is 8.70. The standard InChI is InChI=1S/C55H47NS/c1-5-15-38(16-6-1)40-25-29-44(30-26-40)56(45-31-27-41(28-32-45)39-17-7-2-8-18-39)46-33-34-49-51(37-46)55(42-19-9-3-10-20-42,43-21-11-4-12-22-43)50-36-35-48-47-23-13-14-24-52(47)57-54(48)53(49)50/h1,3-7,9-15,17-21,23-25,27-29,31-36,38,43,46H,2,8,16,22,26,30,37H2. The minimum Gasteiger partial charge on any atom is -0.338 e. The molecule has 1 nitrogen and oxygen atoms in total. The van der Waals surface area contributed by atoms with Crippen LogP contribution < -0.4 is 4.90 Å². The predicted molar refractivity (Wildman–Crippen MR) is 244 cm³/mol. The summed E-state index contributed by atoms with van der Waals surface area (Å²) in [7, 11) is 0. The van der Waals surface area contributed by atoms with E-state index >= 15 is 0 Å². The predicted octanol–water partition coefficient (Wildman–Crippen LogP) is 14.5. The molecule has 1 aromatic heterocycles. The van der Waals surface area contributed by atoms with E-state index in [1.165, 1.54) is 65.0 Å². The third-order valence-corrected chi connectivity index (χ3v) is 14.6. The number of hydrogen-bond acceptors (Lipinski definition) is 2. The number of allylic oxidation sites excluding steroid dienone is 18. The molecule has 5 aromatic rings. The average Bonchev–Trinajstić information content (AvgIpc) is 3.82. The Morgan fingerprint density at radius 3 is 2.28 bits per heavy atom. The first-order valence-electron chi connectivity index (χ1n) is 21.0. The number of thiophene rings is 1. The molecule has 4 atom stereocenters. The maximum atomic E-state index is 2.70. The Hall–Kier alpha value is -5.70. The monoisotopic (exact) mass is 753 g/mol. The Labute approximate surface area is 341 Å². The molecule has 4 aromatic carbocycles. The van der Waals surface area contributed by atoms with Gasteiger partial charge in [0.25, 0.3) is 0 Å². The molecule has 2 heteroatoms. The van der Waals surface area contributed by atoms with Gasteiger partial charge in [0.15, 0.2) is 0 Å². The number of nitrogens with zero attached hydrogens (tertiary/aromatic N) is 1. The Balaban J connectivity index is 1.08. The minimum atomic E-state index is -0.287. The van der Waals surface area contributed by atoms with Gasteiger partial charge in [-0.3, -0.25) is 0 Å². The summed E-state index contributed by atoms with van der Waals surface area (Å²) < 4.78 is 2.79. The fourth-order valence-corrected chi connectivity index (χ4v) is 12.1. The van der Waals surface area contributed by atoms with Crippen LogP contribution in [-0.2, 0) is 5.41 Å². The summed E-state index contributed by atoms with van der Waals surface area (Å²) in [6.07, 6.45) is 42.9. The van der Waals surface area contributed by atoms with Crippen LogP contribution >= 0.6 is 11.3 Å². The van der Waals surface area contributed by atoms with Crippen LogP contribution in [0.25, 0.3) is 31.3 Å². The van der Waals surface area contributed by atoms with Gasteiger partial charge in [0.05, 0.1) is 6.04 Å². The van der Waals surface area contributed by atoms with E-state index in [9.17, 15) is 0 Å². The third-order valence-electron chi connectivity index (χ3n) is 13.4. The van der Waals surface area contributed by atoms with Crippen molar-refractivity contribution in [3.8, 4) is 0 Å². The third kappa shape index (κ3) is 5.71. The molecule has 6 aliphatic carbocycles. The molecule has 0 spiro atoms. The van der Waals surface area contributed by atoms with Crippen molar-refractivity contribution in [3.63, 3.8) is 0 Å². The number of anilines is 1. The van der Waals surface area contributed by atoms with Crippen LogP contribution in [0.3, 0.4) is 0 Å². The lowest BCUT2D eigenvalue weighted by Gasteiger charge is -2.44. The highest BCUT2D eigenvalue weighted by atomic mass is 32.1. The van der Waals surface area contributed by atoms with Gasteiger partial charge in [-0.2, -0.15) is 0 Å². The summed E-state index contributed by atoms with van der Waals surface area (Å²) in [6.45, 7) is 0. The normalized spacial score (nSPS) is 24.8. The molecule has 4 unspecified atom stereocenters. The molecular formula is C55H47NS. The van der Waals surface area contributed by atoms with Gasteiger partial charge in [0.1, 0.15) is 0 Å². The number of hydrogen-bond donors (Lipinski definition) is 0. The first-order valence-corrected chi connectivity index (χ1v) is 21.8. The molecule has 57 heavy (non-hydrogen) atoms. The van der Waals surface area contributed by atoms with E-state index in [2.05, 4.69) is 187 Å². The first-order chi connectivity index (χ1) is 28.3. The van der Waals surface area contributed by atoms with Crippen LogP contribution in [0.15, 0.2) is 199 Å². The lowest BCUT2D eigenvalue weighted by atomic mass is 9.60. The Morgan fingerprint density at radius 1 is 0.667 bits per heavy atom. The SMILES string of the molecule is C1=CCC(C2=CC=C(N(c3ccc(C4=CCCC=C4)cc3)C3C=CC4=C(C3)C(c3ccccc3)(C3C=CC=CC3)c3ccc5c(sc6ccccc65)c34)CC2)C=C1. The van der Waals surface area contributed by atoms with Gasteiger partial charge in [0, 0.05) is 48.5 Å². The molecular weight excluding hydrogens is 707 g/mol. The number of rotatable bonds is 7. The molecule has 0 amide bonds. The van der Waals surface area contributed by atoms with E-state index in [1.54, 1.807) is 11.1 Å². The van der Waals surface area contributed by atoms with Crippen LogP contribution in [0.1, 0.15) is 67.2 Å².